The summed E-state index contributed by atoms with van der Waals surface area (Å²) in [7, 11) is 0. The quantitative estimate of drug-likeness (QED) is 0.253. The Labute approximate surface area is 200 Å². The molecule has 1 aromatic rings. The SMILES string of the molecule is C#CCN1C(=O)COc2cc(F)c(N(C(=O)CCl)C(=O)C3=C(C(=O)OCC=C)CCCC3)cc21. The summed E-state index contributed by atoms with van der Waals surface area (Å²) in [6.07, 6.45) is 8.44. The maximum absolute atomic E-state index is 15.2. The van der Waals surface area contributed by atoms with Crippen molar-refractivity contribution in [2.45, 2.75) is 25.7 Å². The van der Waals surface area contributed by atoms with Crippen molar-refractivity contribution in [1.29, 1.82) is 0 Å². The molecule has 1 aromatic carbocycles. The summed E-state index contributed by atoms with van der Waals surface area (Å²) < 4.78 is 25.5. The van der Waals surface area contributed by atoms with Crippen molar-refractivity contribution < 1.29 is 33.0 Å². The van der Waals surface area contributed by atoms with Crippen LogP contribution in [0.2, 0.25) is 0 Å². The lowest BCUT2D eigenvalue weighted by molar-refractivity contribution is -0.138. The van der Waals surface area contributed by atoms with Gasteiger partial charge in [0.15, 0.2) is 12.4 Å². The van der Waals surface area contributed by atoms with Crippen molar-refractivity contribution in [2.75, 3.05) is 35.4 Å². The molecule has 1 aliphatic heterocycles. The fraction of sp³-hybridized carbons (Fsp3) is 0.333. The highest BCUT2D eigenvalue weighted by molar-refractivity contribution is 6.34. The number of esters is 1. The van der Waals surface area contributed by atoms with Crippen LogP contribution in [0.1, 0.15) is 25.7 Å². The number of hydrogen-bond acceptors (Lipinski definition) is 6. The molecule has 0 bridgehead atoms. The van der Waals surface area contributed by atoms with Crippen molar-refractivity contribution in [3.05, 3.63) is 41.8 Å². The zero-order chi connectivity index (χ0) is 24.8. The Morgan fingerprint density at radius 3 is 2.65 bits per heavy atom. The summed E-state index contributed by atoms with van der Waals surface area (Å²) in [5, 5.41) is 0. The Bertz CT molecular complexity index is 1120. The average Bonchev–Trinajstić information content (AvgIpc) is 2.84. The first kappa shape index (κ1) is 25.0. The summed E-state index contributed by atoms with van der Waals surface area (Å²) >= 11 is 5.74. The molecule has 0 saturated heterocycles. The lowest BCUT2D eigenvalue weighted by Gasteiger charge is -2.30. The van der Waals surface area contributed by atoms with Crippen LogP contribution in [-0.2, 0) is 23.9 Å². The van der Waals surface area contributed by atoms with Gasteiger partial charge >= 0.3 is 5.97 Å². The van der Waals surface area contributed by atoms with E-state index in [9.17, 15) is 19.2 Å². The van der Waals surface area contributed by atoms with Crippen LogP contribution in [0.5, 0.6) is 5.75 Å². The Balaban J connectivity index is 2.11. The normalized spacial score (nSPS) is 15.1. The number of terminal acetylenes is 1. The molecular formula is C24H22ClFN2O6. The molecule has 0 spiro atoms. The van der Waals surface area contributed by atoms with Crippen LogP contribution in [0, 0.1) is 18.2 Å². The fourth-order valence-corrected chi connectivity index (χ4v) is 3.91. The number of halogens is 2. The van der Waals surface area contributed by atoms with Gasteiger partial charge in [0.2, 0.25) is 5.91 Å². The number of benzene rings is 1. The number of imide groups is 1. The van der Waals surface area contributed by atoms with Crippen molar-refractivity contribution in [3.8, 4) is 18.1 Å². The minimum absolute atomic E-state index is 0.0346. The molecule has 178 valence electrons. The van der Waals surface area contributed by atoms with Gasteiger partial charge in [0.25, 0.3) is 11.8 Å². The molecule has 10 heteroatoms. The minimum atomic E-state index is -0.951. The smallest absolute Gasteiger partial charge is 0.334 e. The first-order chi connectivity index (χ1) is 16.3. The first-order valence-electron chi connectivity index (χ1n) is 10.5. The van der Waals surface area contributed by atoms with Gasteiger partial charge in [0.1, 0.15) is 18.2 Å². The lowest BCUT2D eigenvalue weighted by atomic mass is 9.90. The van der Waals surface area contributed by atoms with Gasteiger partial charge in [-0.05, 0) is 31.7 Å². The molecule has 0 saturated carbocycles. The minimum Gasteiger partial charge on any atom is -0.481 e. The van der Waals surface area contributed by atoms with Crippen molar-refractivity contribution in [3.63, 3.8) is 0 Å². The summed E-state index contributed by atoms with van der Waals surface area (Å²) in [6, 6.07) is 2.11. The average molecular weight is 489 g/mol. The summed E-state index contributed by atoms with van der Waals surface area (Å²) in [5.74, 6) is -2.17. The highest BCUT2D eigenvalue weighted by Gasteiger charge is 2.35. The molecule has 3 amide bonds. The molecule has 0 radical (unpaired) electrons. The van der Waals surface area contributed by atoms with E-state index in [0.29, 0.717) is 17.7 Å². The molecule has 2 aliphatic rings. The largest absolute Gasteiger partial charge is 0.481 e. The van der Waals surface area contributed by atoms with Gasteiger partial charge < -0.3 is 9.47 Å². The van der Waals surface area contributed by atoms with Gasteiger partial charge in [-0.15, -0.1) is 18.0 Å². The zero-order valence-corrected chi connectivity index (χ0v) is 19.0. The number of rotatable bonds is 7. The highest BCUT2D eigenvalue weighted by Crippen LogP contribution is 2.39. The molecule has 1 aliphatic carbocycles. The number of carbonyl (C=O) groups excluding carboxylic acids is 4. The standard InChI is InChI=1S/C24H22ClFN2O6/c1-3-9-27-19-12-18(17(26)11-20(19)34-14-22(27)30)28(21(29)13-25)23(31)15-7-5-6-8-16(15)24(32)33-10-4-2/h1,4,11-12H,2,5-10,13-14H2. The van der Waals surface area contributed by atoms with Crippen LogP contribution < -0.4 is 14.5 Å². The number of ether oxygens (including phenoxy) is 2. The number of carbonyl (C=O) groups is 4. The second-order valence-corrected chi connectivity index (χ2v) is 7.73. The molecule has 8 nitrogen and oxygen atoms in total. The topological polar surface area (TPSA) is 93.2 Å². The van der Waals surface area contributed by atoms with Crippen molar-refractivity contribution >= 4 is 46.7 Å². The van der Waals surface area contributed by atoms with E-state index < -0.39 is 41.1 Å². The summed E-state index contributed by atoms with van der Waals surface area (Å²) in [4.78, 5) is 52.8. The van der Waals surface area contributed by atoms with Gasteiger partial charge in [-0.2, -0.15) is 0 Å². The monoisotopic (exact) mass is 488 g/mol. The molecule has 0 aromatic heterocycles. The second kappa shape index (κ2) is 11.0. The number of nitrogens with zero attached hydrogens (tertiary/aromatic N) is 2. The van der Waals surface area contributed by atoms with Gasteiger partial charge in [0.05, 0.1) is 17.9 Å². The number of anilines is 2. The lowest BCUT2D eigenvalue weighted by Crippen LogP contribution is -2.42. The van der Waals surface area contributed by atoms with E-state index in [-0.39, 0.29) is 55.2 Å². The number of hydrogen-bond donors (Lipinski definition) is 0. The van der Waals surface area contributed by atoms with Gasteiger partial charge in [-0.1, -0.05) is 18.6 Å². The third-order valence-corrected chi connectivity index (χ3v) is 5.56. The maximum atomic E-state index is 15.2. The van der Waals surface area contributed by atoms with Gasteiger partial charge in [-0.25, -0.2) is 14.1 Å². The van der Waals surface area contributed by atoms with Crippen molar-refractivity contribution in [1.82, 2.24) is 0 Å². The summed E-state index contributed by atoms with van der Waals surface area (Å²) in [6.45, 7) is 2.98. The third kappa shape index (κ3) is 4.97. The van der Waals surface area contributed by atoms with E-state index in [2.05, 4.69) is 12.5 Å². The third-order valence-electron chi connectivity index (χ3n) is 5.33. The van der Waals surface area contributed by atoms with Gasteiger partial charge in [-0.3, -0.25) is 19.3 Å². The van der Waals surface area contributed by atoms with Crippen LogP contribution in [0.15, 0.2) is 35.9 Å². The van der Waals surface area contributed by atoms with Crippen LogP contribution in [-0.4, -0.2) is 49.3 Å². The molecule has 0 atom stereocenters. The summed E-state index contributed by atoms with van der Waals surface area (Å²) in [5.41, 5.74) is -0.166. The van der Waals surface area contributed by atoms with Crippen LogP contribution in [0.4, 0.5) is 15.8 Å². The van der Waals surface area contributed by atoms with E-state index in [1.807, 2.05) is 0 Å². The Hall–Kier alpha value is -3.64. The predicted octanol–water partition coefficient (Wildman–Crippen LogP) is 2.88. The van der Waals surface area contributed by atoms with Crippen molar-refractivity contribution in [2.24, 2.45) is 0 Å². The molecular weight excluding hydrogens is 467 g/mol. The van der Waals surface area contributed by atoms with E-state index in [0.717, 1.165) is 12.1 Å². The van der Waals surface area contributed by atoms with E-state index in [1.54, 1.807) is 0 Å². The van der Waals surface area contributed by atoms with Gasteiger partial charge in [0, 0.05) is 17.2 Å². The molecule has 1 heterocycles. The molecule has 0 fully saturated rings. The number of alkyl halides is 1. The maximum Gasteiger partial charge on any atom is 0.334 e. The number of amides is 3. The molecule has 0 unspecified atom stereocenters. The number of fused-ring (bicyclic) bond motifs is 1. The van der Waals surface area contributed by atoms with Crippen LogP contribution >= 0.6 is 11.6 Å². The molecule has 0 N–H and O–H groups in total. The highest BCUT2D eigenvalue weighted by atomic mass is 35.5. The molecule has 34 heavy (non-hydrogen) atoms. The van der Waals surface area contributed by atoms with E-state index in [4.69, 9.17) is 27.5 Å². The van der Waals surface area contributed by atoms with E-state index in [1.165, 1.54) is 11.0 Å². The Morgan fingerprint density at radius 1 is 1.29 bits per heavy atom. The van der Waals surface area contributed by atoms with Crippen LogP contribution in [0.25, 0.3) is 0 Å². The molecule has 3 rings (SSSR count). The Kier molecular flexibility index (Phi) is 8.08. The fourth-order valence-electron chi connectivity index (χ4n) is 3.79. The van der Waals surface area contributed by atoms with E-state index >= 15 is 4.39 Å². The predicted molar refractivity (Wildman–Crippen MR) is 123 cm³/mol. The van der Waals surface area contributed by atoms with Crippen LogP contribution in [0.3, 0.4) is 0 Å². The second-order valence-electron chi connectivity index (χ2n) is 7.46. The Morgan fingerprint density at radius 2 is 2.00 bits per heavy atom. The first-order valence-corrected chi connectivity index (χ1v) is 11.0. The zero-order valence-electron chi connectivity index (χ0n) is 18.3.